The minimum atomic E-state index is -0.255. The average Bonchev–Trinajstić information content (AvgIpc) is 3.10. The summed E-state index contributed by atoms with van der Waals surface area (Å²) in [7, 11) is 3.16. The van der Waals surface area contributed by atoms with E-state index in [1.165, 1.54) is 0 Å². The molecule has 0 unspecified atom stereocenters. The highest BCUT2D eigenvalue weighted by molar-refractivity contribution is 9.10. The van der Waals surface area contributed by atoms with Crippen molar-refractivity contribution in [1.29, 1.82) is 0 Å². The van der Waals surface area contributed by atoms with Crippen LogP contribution in [0.2, 0.25) is 5.02 Å². The fourth-order valence-corrected chi connectivity index (χ4v) is 3.74. The van der Waals surface area contributed by atoms with Crippen molar-refractivity contribution >= 4 is 51.0 Å². The Bertz CT molecular complexity index is 1210. The lowest BCUT2D eigenvalue weighted by Gasteiger charge is -2.19. The van der Waals surface area contributed by atoms with E-state index in [1.54, 1.807) is 43.4 Å². The molecule has 1 amide bonds. The molecule has 0 spiro atoms. The first kappa shape index (κ1) is 21.2. The van der Waals surface area contributed by atoms with Gasteiger partial charge in [-0.3, -0.25) is 9.69 Å². The topological polar surface area (TPSA) is 51.1 Å². The second kappa shape index (κ2) is 8.96. The molecule has 4 rings (SSSR count). The van der Waals surface area contributed by atoms with Crippen molar-refractivity contribution in [3.05, 3.63) is 93.0 Å². The van der Waals surface area contributed by atoms with E-state index in [-0.39, 0.29) is 11.6 Å². The number of benzene rings is 3. The Hall–Kier alpha value is -3.09. The van der Waals surface area contributed by atoms with Crippen LogP contribution < -0.4 is 14.4 Å². The van der Waals surface area contributed by atoms with Gasteiger partial charge >= 0.3 is 0 Å². The van der Waals surface area contributed by atoms with Gasteiger partial charge in [0.05, 0.1) is 24.9 Å². The number of ether oxygens (including phenoxy) is 2. The maximum atomic E-state index is 13.4. The molecule has 0 bridgehead atoms. The molecular weight excluding hydrogens is 480 g/mol. The largest absolute Gasteiger partial charge is 0.497 e. The molecule has 0 aromatic heterocycles. The van der Waals surface area contributed by atoms with Gasteiger partial charge in [-0.1, -0.05) is 39.7 Å². The Morgan fingerprint density at radius 3 is 2.42 bits per heavy atom. The van der Waals surface area contributed by atoms with Crippen LogP contribution in [0.15, 0.2) is 81.9 Å². The van der Waals surface area contributed by atoms with Crippen LogP contribution in [-0.4, -0.2) is 26.0 Å². The van der Waals surface area contributed by atoms with Gasteiger partial charge in [-0.25, -0.2) is 4.99 Å². The Morgan fingerprint density at radius 1 is 1.00 bits per heavy atom. The highest BCUT2D eigenvalue weighted by atomic mass is 79.9. The number of rotatable bonds is 5. The Labute approximate surface area is 193 Å². The van der Waals surface area contributed by atoms with Crippen LogP contribution in [0.5, 0.6) is 11.5 Å². The van der Waals surface area contributed by atoms with Gasteiger partial charge in [0.15, 0.2) is 0 Å². The van der Waals surface area contributed by atoms with Crippen LogP contribution >= 0.6 is 27.5 Å². The third-order valence-corrected chi connectivity index (χ3v) is 5.65. The molecule has 0 fully saturated rings. The molecule has 0 N–H and O–H groups in total. The Kier molecular flexibility index (Phi) is 6.11. The van der Waals surface area contributed by atoms with E-state index in [0.717, 1.165) is 4.47 Å². The predicted molar refractivity (Wildman–Crippen MR) is 127 cm³/mol. The van der Waals surface area contributed by atoms with E-state index in [1.807, 2.05) is 48.5 Å². The lowest BCUT2D eigenvalue weighted by Crippen LogP contribution is -2.32. The zero-order valence-corrected chi connectivity index (χ0v) is 19.1. The number of nitrogens with zero attached hydrogens (tertiary/aromatic N) is 2. The van der Waals surface area contributed by atoms with Crippen molar-refractivity contribution in [2.75, 3.05) is 19.1 Å². The number of carbonyl (C=O) groups is 1. The first-order chi connectivity index (χ1) is 15.0. The Morgan fingerprint density at radius 2 is 1.74 bits per heavy atom. The molecule has 0 saturated carbocycles. The zero-order chi connectivity index (χ0) is 22.0. The molecule has 0 saturated heterocycles. The van der Waals surface area contributed by atoms with Gasteiger partial charge in [-0.15, -0.1) is 0 Å². The number of hydrogen-bond donors (Lipinski definition) is 0. The van der Waals surface area contributed by atoms with Crippen molar-refractivity contribution in [2.24, 2.45) is 4.99 Å². The normalized spacial score (nSPS) is 14.7. The summed E-state index contributed by atoms with van der Waals surface area (Å²) >= 11 is 9.87. The van der Waals surface area contributed by atoms with Crippen molar-refractivity contribution in [2.45, 2.75) is 0 Å². The van der Waals surface area contributed by atoms with Gasteiger partial charge in [0.25, 0.3) is 5.91 Å². The van der Waals surface area contributed by atoms with Gasteiger partial charge in [0.2, 0.25) is 0 Å². The fraction of sp³-hybridized carbons (Fsp3) is 0.0833. The molecule has 0 radical (unpaired) electrons. The summed E-state index contributed by atoms with van der Waals surface area (Å²) in [6, 6.07) is 20.2. The minimum absolute atomic E-state index is 0.255. The molecule has 0 aliphatic carbocycles. The van der Waals surface area contributed by atoms with E-state index in [2.05, 4.69) is 20.9 Å². The van der Waals surface area contributed by atoms with E-state index in [0.29, 0.717) is 39.2 Å². The summed E-state index contributed by atoms with van der Waals surface area (Å²) in [5.74, 6) is 1.46. The molecule has 31 heavy (non-hydrogen) atoms. The van der Waals surface area contributed by atoms with Crippen LogP contribution in [0.4, 0.5) is 5.69 Å². The van der Waals surface area contributed by atoms with E-state index in [4.69, 9.17) is 21.1 Å². The molecule has 5 nitrogen and oxygen atoms in total. The van der Waals surface area contributed by atoms with Crippen molar-refractivity contribution in [1.82, 2.24) is 0 Å². The molecule has 3 aromatic rings. The van der Waals surface area contributed by atoms with Crippen molar-refractivity contribution in [3.63, 3.8) is 0 Å². The summed E-state index contributed by atoms with van der Waals surface area (Å²) in [4.78, 5) is 19.7. The summed E-state index contributed by atoms with van der Waals surface area (Å²) in [6.45, 7) is 0. The fourth-order valence-electron chi connectivity index (χ4n) is 3.25. The predicted octanol–water partition coefficient (Wildman–Crippen LogP) is 5.95. The maximum absolute atomic E-state index is 13.4. The highest BCUT2D eigenvalue weighted by Gasteiger charge is 2.33. The lowest BCUT2D eigenvalue weighted by atomic mass is 10.1. The summed E-state index contributed by atoms with van der Waals surface area (Å²) in [6.07, 6.45) is 1.70. The van der Waals surface area contributed by atoms with Crippen molar-refractivity contribution < 1.29 is 14.3 Å². The molecule has 1 aliphatic heterocycles. The number of methoxy groups -OCH3 is 2. The molecular formula is C24H18BrClN2O3. The van der Waals surface area contributed by atoms with E-state index in [9.17, 15) is 4.79 Å². The first-order valence-corrected chi connectivity index (χ1v) is 10.6. The van der Waals surface area contributed by atoms with Gasteiger partial charge in [-0.2, -0.15) is 0 Å². The van der Waals surface area contributed by atoms with Crippen molar-refractivity contribution in [3.8, 4) is 11.5 Å². The van der Waals surface area contributed by atoms with Crippen LogP contribution in [-0.2, 0) is 4.79 Å². The monoisotopic (exact) mass is 496 g/mol. The zero-order valence-electron chi connectivity index (χ0n) is 16.8. The second-order valence-electron chi connectivity index (χ2n) is 6.67. The lowest BCUT2D eigenvalue weighted by molar-refractivity contribution is -0.113. The van der Waals surface area contributed by atoms with E-state index < -0.39 is 0 Å². The summed E-state index contributed by atoms with van der Waals surface area (Å²) in [5.41, 5.74) is 2.36. The SMILES string of the molecule is COc1ccc(/C=C2/N=C(c3ccccc3Cl)N(c3ccc(Br)cc3)C2=O)c(OC)c1. The molecule has 1 heterocycles. The number of amidine groups is 1. The first-order valence-electron chi connectivity index (χ1n) is 9.39. The van der Waals surface area contributed by atoms with Crippen LogP contribution in [0.1, 0.15) is 11.1 Å². The third kappa shape index (κ3) is 4.22. The van der Waals surface area contributed by atoms with Gasteiger partial charge in [0.1, 0.15) is 23.0 Å². The third-order valence-electron chi connectivity index (χ3n) is 4.79. The van der Waals surface area contributed by atoms with Crippen LogP contribution in [0.25, 0.3) is 6.08 Å². The van der Waals surface area contributed by atoms with E-state index >= 15 is 0 Å². The summed E-state index contributed by atoms with van der Waals surface area (Å²) < 4.78 is 11.6. The molecule has 7 heteroatoms. The van der Waals surface area contributed by atoms with Crippen LogP contribution in [0.3, 0.4) is 0 Å². The maximum Gasteiger partial charge on any atom is 0.282 e. The minimum Gasteiger partial charge on any atom is -0.497 e. The number of amides is 1. The van der Waals surface area contributed by atoms with Crippen LogP contribution in [0, 0.1) is 0 Å². The molecule has 3 aromatic carbocycles. The highest BCUT2D eigenvalue weighted by Crippen LogP contribution is 2.33. The molecule has 156 valence electrons. The second-order valence-corrected chi connectivity index (χ2v) is 7.99. The smallest absolute Gasteiger partial charge is 0.282 e. The standard InChI is InChI=1S/C24H18BrClN2O3/c1-30-18-12-7-15(22(14-18)31-2)13-21-24(29)28(17-10-8-16(25)9-11-17)23(27-21)19-5-3-4-6-20(19)26/h3-14H,1-2H3/b21-13+. The molecule has 1 aliphatic rings. The number of carbonyl (C=O) groups excluding carboxylic acids is 1. The van der Waals surface area contributed by atoms with Gasteiger partial charge in [0, 0.05) is 21.7 Å². The average molecular weight is 498 g/mol. The Balaban J connectivity index is 1.85. The summed E-state index contributed by atoms with van der Waals surface area (Å²) in [5, 5.41) is 0.513. The van der Waals surface area contributed by atoms with Gasteiger partial charge in [-0.05, 0) is 54.6 Å². The van der Waals surface area contributed by atoms with Gasteiger partial charge < -0.3 is 9.47 Å². The quantitative estimate of drug-likeness (QED) is 0.409. The number of anilines is 1. The number of aliphatic imine (C=N–C) groups is 1. The number of hydrogen-bond acceptors (Lipinski definition) is 4. The molecule has 0 atom stereocenters. The number of halogens is 2.